The number of carbonyl (C=O) groups is 2. The van der Waals surface area contributed by atoms with E-state index in [1.165, 1.54) is 7.11 Å². The number of aliphatic hydroxyl groups excluding tert-OH is 1. The van der Waals surface area contributed by atoms with Gasteiger partial charge in [0.05, 0.1) is 19.3 Å². The number of ether oxygens (including phenoxy) is 2. The number of β-amino-alcohol motifs (C(OH)–C–C–N with tert-alkyl or cyclic N) is 1. The predicted octanol–water partition coefficient (Wildman–Crippen LogP) is 0.860. The molecule has 2 rings (SSSR count). The number of amides is 1. The summed E-state index contributed by atoms with van der Waals surface area (Å²) in [5.74, 6) is -1.22. The topological polar surface area (TPSA) is 96.3 Å². The molecule has 0 aromatic heterocycles. The van der Waals surface area contributed by atoms with E-state index >= 15 is 0 Å². The number of carboxylic acids is 1. The molecule has 1 aliphatic rings. The van der Waals surface area contributed by atoms with E-state index in [9.17, 15) is 19.8 Å². The molecule has 1 aromatic rings. The Labute approximate surface area is 128 Å². The first-order valence-corrected chi connectivity index (χ1v) is 6.88. The largest absolute Gasteiger partial charge is 0.479 e. The van der Waals surface area contributed by atoms with E-state index < -0.39 is 23.7 Å². The minimum absolute atomic E-state index is 0.0367. The Kier molecular flexibility index (Phi) is 4.99. The zero-order valence-corrected chi connectivity index (χ0v) is 12.3. The van der Waals surface area contributed by atoms with E-state index in [-0.39, 0.29) is 26.2 Å². The van der Waals surface area contributed by atoms with Gasteiger partial charge in [0, 0.05) is 13.5 Å². The van der Waals surface area contributed by atoms with Gasteiger partial charge in [0.25, 0.3) is 0 Å². The van der Waals surface area contributed by atoms with Crippen LogP contribution in [0, 0.1) is 0 Å². The average molecular weight is 309 g/mol. The van der Waals surface area contributed by atoms with Crippen molar-refractivity contribution >= 4 is 12.1 Å². The minimum atomic E-state index is -1.60. The molecule has 7 heteroatoms. The third-order valence-electron chi connectivity index (χ3n) is 3.69. The second-order valence-corrected chi connectivity index (χ2v) is 5.28. The Balaban J connectivity index is 2.10. The average Bonchev–Trinajstić information content (AvgIpc) is 2.84. The second kappa shape index (κ2) is 6.76. The molecule has 22 heavy (non-hydrogen) atoms. The number of carbonyl (C=O) groups excluding carboxylic acids is 1. The third-order valence-corrected chi connectivity index (χ3v) is 3.69. The van der Waals surface area contributed by atoms with E-state index in [2.05, 4.69) is 0 Å². The number of hydrogen-bond acceptors (Lipinski definition) is 5. The molecule has 1 fully saturated rings. The fourth-order valence-corrected chi connectivity index (χ4v) is 2.64. The zero-order chi connectivity index (χ0) is 16.2. The molecular weight excluding hydrogens is 290 g/mol. The van der Waals surface area contributed by atoms with Crippen molar-refractivity contribution in [3.63, 3.8) is 0 Å². The number of benzene rings is 1. The van der Waals surface area contributed by atoms with E-state index in [0.717, 1.165) is 10.5 Å². The summed E-state index contributed by atoms with van der Waals surface area (Å²) in [4.78, 5) is 24.9. The van der Waals surface area contributed by atoms with Crippen LogP contribution in [0.25, 0.3) is 0 Å². The predicted molar refractivity (Wildman–Crippen MR) is 76.2 cm³/mol. The van der Waals surface area contributed by atoms with Gasteiger partial charge in [0.1, 0.15) is 6.61 Å². The van der Waals surface area contributed by atoms with Gasteiger partial charge in [0.15, 0.2) is 5.54 Å². The fourth-order valence-electron chi connectivity index (χ4n) is 2.64. The normalized spacial score (nSPS) is 24.3. The number of hydrogen-bond donors (Lipinski definition) is 2. The van der Waals surface area contributed by atoms with Gasteiger partial charge >= 0.3 is 12.1 Å². The second-order valence-electron chi connectivity index (χ2n) is 5.28. The number of carboxylic acid groups (broad SMARTS) is 1. The Morgan fingerprint density at radius 2 is 2.05 bits per heavy atom. The van der Waals surface area contributed by atoms with Gasteiger partial charge in [-0.3, -0.25) is 4.90 Å². The van der Waals surface area contributed by atoms with Gasteiger partial charge in [-0.2, -0.15) is 0 Å². The molecule has 0 bridgehead atoms. The molecular formula is C15H19NO6. The maximum atomic E-state index is 12.2. The lowest BCUT2D eigenvalue weighted by Gasteiger charge is -2.32. The van der Waals surface area contributed by atoms with Crippen LogP contribution in [0.5, 0.6) is 0 Å². The standard InChI is InChI=1S/C15H19NO6/c1-21-10-15(13(18)19)7-12(17)8-16(15)14(20)22-9-11-5-3-2-4-6-11/h2-6,12,17H,7-10H2,1H3,(H,18,19)/t12-,15+/m1/s1. The van der Waals surface area contributed by atoms with E-state index in [0.29, 0.717) is 0 Å². The monoisotopic (exact) mass is 309 g/mol. The number of aliphatic carboxylic acids is 1. The SMILES string of the molecule is COC[C@]1(C(=O)O)C[C@@H](O)CN1C(=O)OCc1ccccc1. The van der Waals surface area contributed by atoms with E-state index in [4.69, 9.17) is 9.47 Å². The third kappa shape index (κ3) is 3.20. The molecule has 1 aliphatic heterocycles. The molecule has 1 aromatic carbocycles. The summed E-state index contributed by atoms with van der Waals surface area (Å²) in [6.07, 6.45) is -1.79. The summed E-state index contributed by atoms with van der Waals surface area (Å²) in [5.41, 5.74) is -0.801. The van der Waals surface area contributed by atoms with E-state index in [1.807, 2.05) is 18.2 Å². The summed E-state index contributed by atoms with van der Waals surface area (Å²) in [5, 5.41) is 19.3. The Morgan fingerprint density at radius 3 is 2.64 bits per heavy atom. The fraction of sp³-hybridized carbons (Fsp3) is 0.467. The highest BCUT2D eigenvalue weighted by Crippen LogP contribution is 2.31. The van der Waals surface area contributed by atoms with Gasteiger partial charge in [-0.1, -0.05) is 30.3 Å². The molecule has 1 heterocycles. The molecule has 7 nitrogen and oxygen atoms in total. The first-order chi connectivity index (χ1) is 10.5. The van der Waals surface area contributed by atoms with Crippen LogP contribution in [-0.4, -0.2) is 59.1 Å². The van der Waals surface area contributed by atoms with Gasteiger partial charge in [-0.05, 0) is 5.56 Å². The van der Waals surface area contributed by atoms with Crippen molar-refractivity contribution in [2.24, 2.45) is 0 Å². The van der Waals surface area contributed by atoms with Crippen LogP contribution in [-0.2, 0) is 20.9 Å². The van der Waals surface area contributed by atoms with Crippen molar-refractivity contribution < 1.29 is 29.3 Å². The highest BCUT2D eigenvalue weighted by molar-refractivity contribution is 5.85. The first kappa shape index (κ1) is 16.3. The number of aliphatic hydroxyl groups is 1. The summed E-state index contributed by atoms with van der Waals surface area (Å²) < 4.78 is 10.1. The van der Waals surface area contributed by atoms with Crippen LogP contribution < -0.4 is 0 Å². The van der Waals surface area contributed by atoms with Crippen molar-refractivity contribution in [3.8, 4) is 0 Å². The van der Waals surface area contributed by atoms with Gasteiger partial charge in [-0.25, -0.2) is 9.59 Å². The lowest BCUT2D eigenvalue weighted by molar-refractivity contribution is -0.152. The molecule has 0 radical (unpaired) electrons. The van der Waals surface area contributed by atoms with Gasteiger partial charge in [-0.15, -0.1) is 0 Å². The Bertz CT molecular complexity index is 534. The molecule has 0 saturated carbocycles. The Morgan fingerprint density at radius 1 is 1.36 bits per heavy atom. The summed E-state index contributed by atoms with van der Waals surface area (Å²) in [6, 6.07) is 9.07. The summed E-state index contributed by atoms with van der Waals surface area (Å²) in [6.45, 7) is -0.266. The van der Waals surface area contributed by atoms with Gasteiger partial charge in [0.2, 0.25) is 0 Å². The lowest BCUT2D eigenvalue weighted by Crippen LogP contribution is -2.56. The van der Waals surface area contributed by atoms with E-state index in [1.54, 1.807) is 12.1 Å². The smallest absolute Gasteiger partial charge is 0.411 e. The maximum Gasteiger partial charge on any atom is 0.411 e. The molecule has 0 aliphatic carbocycles. The van der Waals surface area contributed by atoms with Crippen molar-refractivity contribution in [2.45, 2.75) is 24.7 Å². The van der Waals surface area contributed by atoms with Gasteiger partial charge < -0.3 is 19.7 Å². The molecule has 0 spiro atoms. The number of rotatable bonds is 5. The Hall–Kier alpha value is -2.12. The highest BCUT2D eigenvalue weighted by Gasteiger charge is 2.54. The quantitative estimate of drug-likeness (QED) is 0.837. The van der Waals surface area contributed by atoms with Crippen LogP contribution in [0.15, 0.2) is 30.3 Å². The van der Waals surface area contributed by atoms with Crippen LogP contribution in [0.1, 0.15) is 12.0 Å². The van der Waals surface area contributed by atoms with Crippen LogP contribution in [0.3, 0.4) is 0 Å². The zero-order valence-electron chi connectivity index (χ0n) is 12.3. The number of likely N-dealkylation sites (tertiary alicyclic amines) is 1. The number of nitrogens with zero attached hydrogens (tertiary/aromatic N) is 1. The summed E-state index contributed by atoms with van der Waals surface area (Å²) in [7, 11) is 1.35. The van der Waals surface area contributed by atoms with Crippen molar-refractivity contribution in [1.29, 1.82) is 0 Å². The van der Waals surface area contributed by atoms with Crippen LogP contribution >= 0.6 is 0 Å². The minimum Gasteiger partial charge on any atom is -0.479 e. The van der Waals surface area contributed by atoms with Crippen LogP contribution in [0.2, 0.25) is 0 Å². The lowest BCUT2D eigenvalue weighted by atomic mass is 9.97. The van der Waals surface area contributed by atoms with Crippen molar-refractivity contribution in [2.75, 3.05) is 20.3 Å². The number of methoxy groups -OCH3 is 1. The molecule has 2 N–H and O–H groups in total. The molecule has 1 amide bonds. The molecule has 1 saturated heterocycles. The molecule has 2 atom stereocenters. The maximum absolute atomic E-state index is 12.2. The molecule has 120 valence electrons. The van der Waals surface area contributed by atoms with Crippen LogP contribution in [0.4, 0.5) is 4.79 Å². The summed E-state index contributed by atoms with van der Waals surface area (Å²) >= 11 is 0. The highest BCUT2D eigenvalue weighted by atomic mass is 16.6. The van der Waals surface area contributed by atoms with Crippen molar-refractivity contribution in [1.82, 2.24) is 4.90 Å². The first-order valence-electron chi connectivity index (χ1n) is 6.88. The molecule has 0 unspecified atom stereocenters. The van der Waals surface area contributed by atoms with Crippen molar-refractivity contribution in [3.05, 3.63) is 35.9 Å².